The van der Waals surface area contributed by atoms with E-state index in [-0.39, 0.29) is 12.2 Å². The van der Waals surface area contributed by atoms with E-state index >= 15 is 0 Å². The third-order valence-corrected chi connectivity index (χ3v) is 3.64. The topological polar surface area (TPSA) is 29.5 Å². The van der Waals surface area contributed by atoms with E-state index in [4.69, 9.17) is 4.74 Å². The summed E-state index contributed by atoms with van der Waals surface area (Å²) in [6.45, 7) is 1.89. The number of rotatable bonds is 5. The molecule has 3 heteroatoms. The Balaban J connectivity index is 2.36. The lowest BCUT2D eigenvalue weighted by Crippen LogP contribution is -2.28. The molecule has 0 spiro atoms. The van der Waals surface area contributed by atoms with Crippen LogP contribution < -0.4 is 4.74 Å². The Hall–Kier alpha value is -1.87. The Kier molecular flexibility index (Phi) is 4.40. The zero-order valence-corrected chi connectivity index (χ0v) is 11.8. The molecular formula is C17H19FO2. The minimum Gasteiger partial charge on any atom is -0.494 e. The van der Waals surface area contributed by atoms with Crippen molar-refractivity contribution in [3.63, 3.8) is 0 Å². The van der Waals surface area contributed by atoms with Gasteiger partial charge < -0.3 is 9.84 Å². The minimum absolute atomic E-state index is 0.203. The number of aliphatic hydroxyl groups is 1. The fourth-order valence-electron chi connectivity index (χ4n) is 2.35. The maximum absolute atomic E-state index is 14.2. The molecule has 0 amide bonds. The van der Waals surface area contributed by atoms with Crippen molar-refractivity contribution in [2.45, 2.75) is 25.4 Å². The first-order valence-electron chi connectivity index (χ1n) is 6.70. The van der Waals surface area contributed by atoms with E-state index < -0.39 is 11.4 Å². The van der Waals surface area contributed by atoms with Crippen LogP contribution in [0.15, 0.2) is 48.5 Å². The van der Waals surface area contributed by atoms with Gasteiger partial charge in [-0.25, -0.2) is 4.39 Å². The number of halogens is 1. The second-order valence-corrected chi connectivity index (χ2v) is 4.86. The van der Waals surface area contributed by atoms with Crippen molar-refractivity contribution in [1.82, 2.24) is 0 Å². The highest BCUT2D eigenvalue weighted by Gasteiger charge is 2.29. The zero-order valence-electron chi connectivity index (χ0n) is 11.8. The van der Waals surface area contributed by atoms with Crippen LogP contribution in [0.25, 0.3) is 0 Å². The monoisotopic (exact) mass is 274 g/mol. The van der Waals surface area contributed by atoms with Crippen LogP contribution in [0, 0.1) is 5.82 Å². The van der Waals surface area contributed by atoms with Gasteiger partial charge in [-0.2, -0.15) is 0 Å². The number of hydrogen-bond donors (Lipinski definition) is 1. The largest absolute Gasteiger partial charge is 0.494 e. The molecule has 0 saturated heterocycles. The van der Waals surface area contributed by atoms with Gasteiger partial charge in [-0.3, -0.25) is 0 Å². The summed E-state index contributed by atoms with van der Waals surface area (Å²) in [5.41, 5.74) is 0.177. The van der Waals surface area contributed by atoms with E-state index in [2.05, 4.69) is 0 Å². The summed E-state index contributed by atoms with van der Waals surface area (Å²) in [6.07, 6.45) is 0.726. The summed E-state index contributed by atoms with van der Waals surface area (Å²) in [6, 6.07) is 14.4. The first kappa shape index (κ1) is 14.5. The van der Waals surface area contributed by atoms with Crippen LogP contribution in [0.3, 0.4) is 0 Å². The number of hydrogen-bond acceptors (Lipinski definition) is 2. The normalized spacial score (nSPS) is 13.8. The highest BCUT2D eigenvalue weighted by Crippen LogP contribution is 2.31. The SMILES string of the molecule is CCC(O)(Cc1cccc(OC)c1F)c1ccccc1. The zero-order chi connectivity index (χ0) is 14.6. The Morgan fingerprint density at radius 3 is 2.40 bits per heavy atom. The smallest absolute Gasteiger partial charge is 0.168 e. The molecule has 2 aromatic rings. The lowest BCUT2D eigenvalue weighted by atomic mass is 9.85. The molecule has 0 bridgehead atoms. The molecule has 2 rings (SSSR count). The predicted molar refractivity (Wildman–Crippen MR) is 77.3 cm³/mol. The van der Waals surface area contributed by atoms with Gasteiger partial charge in [0.2, 0.25) is 0 Å². The van der Waals surface area contributed by atoms with E-state index in [0.29, 0.717) is 12.0 Å². The van der Waals surface area contributed by atoms with Crippen molar-refractivity contribution in [3.05, 3.63) is 65.5 Å². The van der Waals surface area contributed by atoms with E-state index in [1.165, 1.54) is 7.11 Å². The van der Waals surface area contributed by atoms with Gasteiger partial charge in [-0.1, -0.05) is 49.4 Å². The average Bonchev–Trinajstić information content (AvgIpc) is 2.50. The Bertz CT molecular complexity index is 568. The molecule has 0 fully saturated rings. The van der Waals surface area contributed by atoms with Gasteiger partial charge in [-0.15, -0.1) is 0 Å². The van der Waals surface area contributed by atoms with Gasteiger partial charge in [0, 0.05) is 6.42 Å². The van der Waals surface area contributed by atoms with Crippen molar-refractivity contribution >= 4 is 0 Å². The van der Waals surface area contributed by atoms with Crippen LogP contribution in [0.4, 0.5) is 4.39 Å². The third-order valence-electron chi connectivity index (χ3n) is 3.64. The summed E-state index contributed by atoms with van der Waals surface area (Å²) >= 11 is 0. The van der Waals surface area contributed by atoms with Crippen molar-refractivity contribution < 1.29 is 14.2 Å². The molecule has 0 radical (unpaired) electrons. The summed E-state index contributed by atoms with van der Waals surface area (Å²) in [5, 5.41) is 10.8. The van der Waals surface area contributed by atoms with Gasteiger partial charge in [0.15, 0.2) is 11.6 Å². The van der Waals surface area contributed by atoms with Crippen LogP contribution in [0.2, 0.25) is 0 Å². The van der Waals surface area contributed by atoms with E-state index in [1.54, 1.807) is 18.2 Å². The molecule has 2 nitrogen and oxygen atoms in total. The maximum atomic E-state index is 14.2. The molecule has 1 atom stereocenters. The molecule has 0 heterocycles. The summed E-state index contributed by atoms with van der Waals surface area (Å²) in [7, 11) is 1.44. The molecule has 0 aromatic heterocycles. The first-order valence-corrected chi connectivity index (χ1v) is 6.70. The standard InChI is InChI=1S/C17H19FO2/c1-3-17(19,14-9-5-4-6-10-14)12-13-8-7-11-15(20-2)16(13)18/h4-11,19H,3,12H2,1-2H3. The maximum Gasteiger partial charge on any atom is 0.168 e. The van der Waals surface area contributed by atoms with E-state index in [1.807, 2.05) is 37.3 Å². The average molecular weight is 274 g/mol. The minimum atomic E-state index is -1.07. The molecule has 2 aromatic carbocycles. The summed E-state index contributed by atoms with van der Waals surface area (Å²) in [5.74, 6) is -0.202. The van der Waals surface area contributed by atoms with Crippen LogP contribution in [0.1, 0.15) is 24.5 Å². The molecule has 0 saturated carbocycles. The Morgan fingerprint density at radius 1 is 1.10 bits per heavy atom. The first-order chi connectivity index (χ1) is 9.60. The molecule has 1 unspecified atom stereocenters. The van der Waals surface area contributed by atoms with E-state index in [9.17, 15) is 9.50 Å². The Morgan fingerprint density at radius 2 is 1.80 bits per heavy atom. The van der Waals surface area contributed by atoms with Crippen molar-refractivity contribution in [2.75, 3.05) is 7.11 Å². The molecule has 0 aliphatic rings. The van der Waals surface area contributed by atoms with Crippen molar-refractivity contribution in [3.8, 4) is 5.75 Å². The number of methoxy groups -OCH3 is 1. The lowest BCUT2D eigenvalue weighted by Gasteiger charge is -2.28. The van der Waals surface area contributed by atoms with Gasteiger partial charge in [0.05, 0.1) is 12.7 Å². The quantitative estimate of drug-likeness (QED) is 0.901. The van der Waals surface area contributed by atoms with E-state index in [0.717, 1.165) is 5.56 Å². The third kappa shape index (κ3) is 2.83. The number of benzene rings is 2. The van der Waals surface area contributed by atoms with Gasteiger partial charge in [0.1, 0.15) is 0 Å². The molecule has 20 heavy (non-hydrogen) atoms. The highest BCUT2D eigenvalue weighted by atomic mass is 19.1. The lowest BCUT2D eigenvalue weighted by molar-refractivity contribution is 0.0318. The Labute approximate surface area is 118 Å². The molecule has 0 aliphatic heterocycles. The van der Waals surface area contributed by atoms with Gasteiger partial charge in [0.25, 0.3) is 0 Å². The fraction of sp³-hybridized carbons (Fsp3) is 0.294. The number of ether oxygens (including phenoxy) is 1. The highest BCUT2D eigenvalue weighted by molar-refractivity contribution is 5.34. The second-order valence-electron chi connectivity index (χ2n) is 4.86. The summed E-state index contributed by atoms with van der Waals surface area (Å²) in [4.78, 5) is 0. The molecule has 0 aliphatic carbocycles. The predicted octanol–water partition coefficient (Wildman–Crippen LogP) is 3.67. The molecule has 1 N–H and O–H groups in total. The van der Waals surface area contributed by atoms with Gasteiger partial charge >= 0.3 is 0 Å². The van der Waals surface area contributed by atoms with Crippen LogP contribution in [-0.4, -0.2) is 12.2 Å². The van der Waals surface area contributed by atoms with Gasteiger partial charge in [-0.05, 0) is 23.6 Å². The van der Waals surface area contributed by atoms with Crippen molar-refractivity contribution in [2.24, 2.45) is 0 Å². The fourth-order valence-corrected chi connectivity index (χ4v) is 2.35. The van der Waals surface area contributed by atoms with Crippen LogP contribution in [0.5, 0.6) is 5.75 Å². The molecule has 106 valence electrons. The van der Waals surface area contributed by atoms with Crippen LogP contribution >= 0.6 is 0 Å². The van der Waals surface area contributed by atoms with Crippen LogP contribution in [-0.2, 0) is 12.0 Å². The second kappa shape index (κ2) is 6.06. The van der Waals surface area contributed by atoms with Crippen molar-refractivity contribution in [1.29, 1.82) is 0 Å². The molecular weight excluding hydrogens is 255 g/mol. The summed E-state index contributed by atoms with van der Waals surface area (Å²) < 4.78 is 19.2.